The van der Waals surface area contributed by atoms with Crippen molar-refractivity contribution in [3.63, 3.8) is 0 Å². The highest BCUT2D eigenvalue weighted by Crippen LogP contribution is 2.12. The summed E-state index contributed by atoms with van der Waals surface area (Å²) >= 11 is 0. The van der Waals surface area contributed by atoms with Gasteiger partial charge < -0.3 is 4.74 Å². The summed E-state index contributed by atoms with van der Waals surface area (Å²) in [4.78, 5) is 13.4. The molecule has 0 aliphatic carbocycles. The number of likely N-dealkylation sites (N-methyl/N-ethyl adjacent to an activating group) is 1. The molecule has 3 heteroatoms. The molecule has 0 N–H and O–H groups in total. The lowest BCUT2D eigenvalue weighted by atomic mass is 10.1. The monoisotopic (exact) mass is 201 g/mol. The van der Waals surface area contributed by atoms with Crippen LogP contribution in [0.5, 0.6) is 0 Å². The van der Waals surface area contributed by atoms with Crippen molar-refractivity contribution in [2.45, 2.75) is 52.7 Å². The van der Waals surface area contributed by atoms with Gasteiger partial charge in [0.05, 0.1) is 6.54 Å². The number of rotatable bonds is 2. The first-order valence-electron chi connectivity index (χ1n) is 4.95. The Morgan fingerprint density at radius 2 is 1.57 bits per heavy atom. The van der Waals surface area contributed by atoms with E-state index in [1.165, 1.54) is 0 Å². The predicted molar refractivity (Wildman–Crippen MR) is 58.2 cm³/mol. The summed E-state index contributed by atoms with van der Waals surface area (Å²) in [6, 6.07) is 0. The normalized spacial score (nSPS) is 13.1. The summed E-state index contributed by atoms with van der Waals surface area (Å²) in [5.41, 5.74) is -0.396. The van der Waals surface area contributed by atoms with Gasteiger partial charge in [0.1, 0.15) is 5.60 Å². The van der Waals surface area contributed by atoms with E-state index in [-0.39, 0.29) is 11.5 Å². The Labute approximate surface area is 87.4 Å². The standard InChI is InChI=1S/C11H23NO2/c1-10(2,3)12(7)8-9(13)14-11(4,5)6/h8H2,1-7H3. The van der Waals surface area contributed by atoms with Crippen molar-refractivity contribution in [2.75, 3.05) is 13.6 Å². The van der Waals surface area contributed by atoms with E-state index in [2.05, 4.69) is 20.8 Å². The Kier molecular flexibility index (Phi) is 4.13. The average Bonchev–Trinajstić information content (AvgIpc) is 1.79. The second-order valence-electron chi connectivity index (χ2n) is 5.61. The van der Waals surface area contributed by atoms with Gasteiger partial charge in [-0.25, -0.2) is 0 Å². The zero-order valence-electron chi connectivity index (χ0n) is 10.5. The highest BCUT2D eigenvalue weighted by atomic mass is 16.6. The number of carbonyl (C=O) groups excluding carboxylic acids is 1. The molecule has 0 saturated heterocycles. The fourth-order valence-electron chi connectivity index (χ4n) is 0.805. The van der Waals surface area contributed by atoms with Crippen LogP contribution in [0.15, 0.2) is 0 Å². The van der Waals surface area contributed by atoms with Gasteiger partial charge in [-0.2, -0.15) is 0 Å². The van der Waals surface area contributed by atoms with Gasteiger partial charge in [-0.15, -0.1) is 0 Å². The molecule has 0 aliphatic rings. The first-order valence-corrected chi connectivity index (χ1v) is 4.95. The summed E-state index contributed by atoms with van der Waals surface area (Å²) in [6.45, 7) is 12.2. The minimum absolute atomic E-state index is 0.00307. The molecule has 0 heterocycles. The minimum Gasteiger partial charge on any atom is -0.459 e. The van der Waals surface area contributed by atoms with Crippen molar-refractivity contribution in [1.29, 1.82) is 0 Å². The Bertz CT molecular complexity index is 198. The van der Waals surface area contributed by atoms with E-state index in [4.69, 9.17) is 4.74 Å². The van der Waals surface area contributed by atoms with Crippen molar-refractivity contribution < 1.29 is 9.53 Å². The van der Waals surface area contributed by atoms with Crippen LogP contribution in [0.25, 0.3) is 0 Å². The maximum absolute atomic E-state index is 11.5. The van der Waals surface area contributed by atoms with E-state index in [9.17, 15) is 4.79 Å². The van der Waals surface area contributed by atoms with Crippen molar-refractivity contribution in [3.05, 3.63) is 0 Å². The molecule has 84 valence electrons. The van der Waals surface area contributed by atoms with E-state index in [1.54, 1.807) is 0 Å². The summed E-state index contributed by atoms with van der Waals surface area (Å²) in [5.74, 6) is -0.171. The second-order valence-corrected chi connectivity index (χ2v) is 5.61. The van der Waals surface area contributed by atoms with Gasteiger partial charge in [0.15, 0.2) is 0 Å². The van der Waals surface area contributed by atoms with Crippen LogP contribution in [0.4, 0.5) is 0 Å². The van der Waals surface area contributed by atoms with E-state index in [0.717, 1.165) is 0 Å². The average molecular weight is 201 g/mol. The quantitative estimate of drug-likeness (QED) is 0.640. The Morgan fingerprint density at radius 1 is 1.14 bits per heavy atom. The molecule has 0 fully saturated rings. The van der Waals surface area contributed by atoms with Crippen LogP contribution in [-0.4, -0.2) is 35.6 Å². The third-order valence-corrected chi connectivity index (χ3v) is 1.93. The molecule has 0 atom stereocenters. The topological polar surface area (TPSA) is 29.5 Å². The molecule has 0 aromatic carbocycles. The smallest absolute Gasteiger partial charge is 0.320 e. The molecule has 0 saturated carbocycles. The van der Waals surface area contributed by atoms with Crippen LogP contribution in [0.3, 0.4) is 0 Å². The van der Waals surface area contributed by atoms with Gasteiger partial charge in [-0.1, -0.05) is 0 Å². The van der Waals surface area contributed by atoms with Gasteiger partial charge in [0, 0.05) is 5.54 Å². The van der Waals surface area contributed by atoms with E-state index in [1.807, 2.05) is 32.7 Å². The van der Waals surface area contributed by atoms with Crippen LogP contribution < -0.4 is 0 Å². The lowest BCUT2D eigenvalue weighted by Crippen LogP contribution is -2.43. The van der Waals surface area contributed by atoms with E-state index in [0.29, 0.717) is 6.54 Å². The second kappa shape index (κ2) is 4.30. The van der Waals surface area contributed by atoms with Gasteiger partial charge in [-0.05, 0) is 48.6 Å². The SMILES string of the molecule is CN(CC(=O)OC(C)(C)C)C(C)(C)C. The summed E-state index contributed by atoms with van der Waals surface area (Å²) in [7, 11) is 1.92. The Hall–Kier alpha value is -0.570. The third kappa shape index (κ3) is 5.97. The molecule has 0 aromatic heterocycles. The number of carbonyl (C=O) groups is 1. The maximum Gasteiger partial charge on any atom is 0.320 e. The van der Waals surface area contributed by atoms with Gasteiger partial charge in [0.25, 0.3) is 0 Å². The highest BCUT2D eigenvalue weighted by molar-refractivity contribution is 5.72. The third-order valence-electron chi connectivity index (χ3n) is 1.93. The van der Waals surface area contributed by atoms with E-state index < -0.39 is 5.60 Å². The zero-order valence-corrected chi connectivity index (χ0v) is 10.5. The number of hydrogen-bond acceptors (Lipinski definition) is 3. The summed E-state index contributed by atoms with van der Waals surface area (Å²) in [6.07, 6.45) is 0. The lowest BCUT2D eigenvalue weighted by molar-refractivity contribution is -0.156. The molecule has 0 unspecified atom stereocenters. The molecular formula is C11H23NO2. The molecule has 0 rings (SSSR count). The van der Waals surface area contributed by atoms with Gasteiger partial charge in [-0.3, -0.25) is 9.69 Å². The first-order chi connectivity index (χ1) is 6.02. The molecule has 0 bridgehead atoms. The number of ether oxygens (including phenoxy) is 1. The van der Waals surface area contributed by atoms with Crippen LogP contribution in [0.1, 0.15) is 41.5 Å². The summed E-state index contributed by atoms with van der Waals surface area (Å²) in [5, 5.41) is 0. The van der Waals surface area contributed by atoms with Crippen LogP contribution in [-0.2, 0) is 9.53 Å². The molecule has 0 radical (unpaired) electrons. The largest absolute Gasteiger partial charge is 0.459 e. The van der Waals surface area contributed by atoms with Crippen molar-refractivity contribution in [1.82, 2.24) is 4.90 Å². The fourth-order valence-corrected chi connectivity index (χ4v) is 0.805. The van der Waals surface area contributed by atoms with Crippen LogP contribution in [0.2, 0.25) is 0 Å². The zero-order chi connectivity index (χ0) is 11.6. The maximum atomic E-state index is 11.5. The van der Waals surface area contributed by atoms with Gasteiger partial charge in [0.2, 0.25) is 0 Å². The van der Waals surface area contributed by atoms with Crippen molar-refractivity contribution >= 4 is 5.97 Å². The lowest BCUT2D eigenvalue weighted by Gasteiger charge is -2.32. The highest BCUT2D eigenvalue weighted by Gasteiger charge is 2.22. The minimum atomic E-state index is -0.393. The number of esters is 1. The molecule has 0 aliphatic heterocycles. The summed E-state index contributed by atoms with van der Waals surface area (Å²) < 4.78 is 5.22. The molecular weight excluding hydrogens is 178 g/mol. The van der Waals surface area contributed by atoms with Crippen LogP contribution >= 0.6 is 0 Å². The molecule has 14 heavy (non-hydrogen) atoms. The predicted octanol–water partition coefficient (Wildman–Crippen LogP) is 2.06. The molecule has 0 aromatic rings. The van der Waals surface area contributed by atoms with Crippen molar-refractivity contribution in [3.8, 4) is 0 Å². The Morgan fingerprint density at radius 3 is 1.86 bits per heavy atom. The fraction of sp³-hybridized carbons (Fsp3) is 0.909. The van der Waals surface area contributed by atoms with Crippen molar-refractivity contribution in [2.24, 2.45) is 0 Å². The van der Waals surface area contributed by atoms with Gasteiger partial charge >= 0.3 is 5.97 Å². The van der Waals surface area contributed by atoms with E-state index >= 15 is 0 Å². The number of nitrogens with zero attached hydrogens (tertiary/aromatic N) is 1. The number of hydrogen-bond donors (Lipinski definition) is 0. The molecule has 0 amide bonds. The van der Waals surface area contributed by atoms with Crippen LogP contribution in [0, 0.1) is 0 Å². The molecule has 3 nitrogen and oxygen atoms in total. The Balaban J connectivity index is 4.09. The molecule has 0 spiro atoms. The first kappa shape index (κ1) is 13.4.